The molecule has 1 unspecified atom stereocenters. The molecule has 1 aliphatic rings. The van der Waals surface area contributed by atoms with E-state index in [1.54, 1.807) is 43.5 Å². The maximum Gasteiger partial charge on any atom is 0.415 e. The van der Waals surface area contributed by atoms with E-state index < -0.39 is 29.6 Å². The summed E-state index contributed by atoms with van der Waals surface area (Å²) in [5.41, 5.74) is -0.431. The Morgan fingerprint density at radius 3 is 2.63 bits per heavy atom. The molecular weight excluding hydrogens is 474 g/mol. The van der Waals surface area contributed by atoms with Gasteiger partial charge >= 0.3 is 12.1 Å². The summed E-state index contributed by atoms with van der Waals surface area (Å²) in [6.45, 7) is 1.44. The molecule has 35 heavy (non-hydrogen) atoms. The number of Topliss-reactive ketones (excluding diaryl/α,β-unsaturated/α-hetero) is 1. The molecule has 9 nitrogen and oxygen atoms in total. The number of pyridine rings is 1. The molecule has 1 aromatic carbocycles. The molecule has 1 saturated carbocycles. The Labute approximate surface area is 208 Å². The average molecular weight is 503 g/mol. The molecule has 2 N–H and O–H groups in total. The van der Waals surface area contributed by atoms with E-state index in [1.165, 1.54) is 28.8 Å². The molecule has 0 aliphatic heterocycles. The van der Waals surface area contributed by atoms with Crippen LogP contribution in [0.5, 0.6) is 0 Å². The lowest BCUT2D eigenvalue weighted by atomic mass is 9.74. The molecule has 1 aliphatic carbocycles. The Morgan fingerprint density at radius 2 is 1.97 bits per heavy atom. The number of ether oxygens (including phenoxy) is 1. The SMILES string of the molecule is CC[C@H](NC(=O)c1ccc[n+](COC(=O)N(C)C2(c3ccccc3Cl)CCCCC2=O)c1)C(=O)O. The largest absolute Gasteiger partial charge is 0.480 e. The van der Waals surface area contributed by atoms with Gasteiger partial charge in [0.1, 0.15) is 17.1 Å². The van der Waals surface area contributed by atoms with Gasteiger partial charge in [-0.1, -0.05) is 36.7 Å². The Kier molecular flexibility index (Phi) is 8.45. The number of carbonyl (C=O) groups excluding carboxylic acids is 3. The van der Waals surface area contributed by atoms with Gasteiger partial charge in [0.05, 0.1) is 0 Å². The number of carboxylic acids is 1. The maximum absolute atomic E-state index is 13.2. The number of nitrogens with zero attached hydrogens (tertiary/aromatic N) is 2. The van der Waals surface area contributed by atoms with Crippen LogP contribution in [-0.4, -0.2) is 46.8 Å². The van der Waals surface area contributed by atoms with Crippen molar-refractivity contribution in [2.45, 2.75) is 57.3 Å². The lowest BCUT2D eigenvalue weighted by Crippen LogP contribution is -2.55. The van der Waals surface area contributed by atoms with E-state index >= 15 is 0 Å². The molecule has 1 fully saturated rings. The van der Waals surface area contributed by atoms with E-state index in [1.807, 2.05) is 0 Å². The second-order valence-electron chi connectivity index (χ2n) is 8.45. The highest BCUT2D eigenvalue weighted by Crippen LogP contribution is 2.42. The summed E-state index contributed by atoms with van der Waals surface area (Å²) in [6.07, 6.45) is 4.87. The van der Waals surface area contributed by atoms with Gasteiger partial charge in [-0.15, -0.1) is 0 Å². The van der Waals surface area contributed by atoms with Crippen molar-refractivity contribution in [3.8, 4) is 0 Å². The first-order valence-corrected chi connectivity index (χ1v) is 11.8. The number of carbonyl (C=O) groups is 4. The molecule has 0 bridgehead atoms. The number of nitrogens with one attached hydrogen (secondary N) is 1. The predicted molar refractivity (Wildman–Crippen MR) is 127 cm³/mol. The summed E-state index contributed by atoms with van der Waals surface area (Å²) in [5.74, 6) is -1.76. The van der Waals surface area contributed by atoms with Crippen LogP contribution in [0.4, 0.5) is 4.79 Å². The van der Waals surface area contributed by atoms with Crippen LogP contribution in [0.2, 0.25) is 5.02 Å². The average Bonchev–Trinajstić information content (AvgIpc) is 2.86. The van der Waals surface area contributed by atoms with Gasteiger partial charge in [-0.25, -0.2) is 9.59 Å². The fourth-order valence-corrected chi connectivity index (χ4v) is 4.62. The smallest absolute Gasteiger partial charge is 0.415 e. The van der Waals surface area contributed by atoms with E-state index in [4.69, 9.17) is 21.4 Å². The molecule has 1 heterocycles. The van der Waals surface area contributed by atoms with Crippen LogP contribution in [0.3, 0.4) is 0 Å². The number of hydrogen-bond donors (Lipinski definition) is 2. The first-order valence-electron chi connectivity index (χ1n) is 11.4. The maximum atomic E-state index is 13.2. The third kappa shape index (κ3) is 5.62. The third-order valence-electron chi connectivity index (χ3n) is 6.29. The number of likely N-dealkylation sites (N-methyl/N-ethyl adjacent to an activating group) is 1. The fraction of sp³-hybridized carbons (Fsp3) is 0.400. The standard InChI is InChI=1S/C25H28ClN3O6/c1-3-20(23(32)33)27-22(31)17-9-8-14-29(15-17)16-35-24(34)28(2)25(13-7-6-12-21(25)30)18-10-4-5-11-19(18)26/h4-5,8-11,14-15,20H,3,6-7,12-13,16H2,1-2H3,(H-,27,31,32,33)/p+1/t20-,25?/m0/s1. The number of carboxylic acid groups (broad SMARTS) is 1. The Bertz CT molecular complexity index is 1120. The normalized spacial score (nSPS) is 18.4. The quantitative estimate of drug-likeness (QED) is 0.535. The zero-order valence-corrected chi connectivity index (χ0v) is 20.5. The monoisotopic (exact) mass is 502 g/mol. The summed E-state index contributed by atoms with van der Waals surface area (Å²) >= 11 is 6.44. The number of aliphatic carboxylic acids is 1. The summed E-state index contributed by atoms with van der Waals surface area (Å²) in [4.78, 5) is 51.2. The van der Waals surface area contributed by atoms with Crippen molar-refractivity contribution in [2.75, 3.05) is 7.05 Å². The van der Waals surface area contributed by atoms with Crippen LogP contribution >= 0.6 is 11.6 Å². The van der Waals surface area contributed by atoms with Gasteiger partial charge in [0.2, 0.25) is 0 Å². The van der Waals surface area contributed by atoms with Crippen LogP contribution in [0.15, 0.2) is 48.8 Å². The number of benzene rings is 1. The molecule has 1 aromatic heterocycles. The summed E-state index contributed by atoms with van der Waals surface area (Å²) < 4.78 is 6.96. The minimum absolute atomic E-state index is 0.0912. The molecule has 2 amide bonds. The van der Waals surface area contributed by atoms with Crippen LogP contribution in [0.25, 0.3) is 0 Å². The van der Waals surface area contributed by atoms with Crippen LogP contribution in [0.1, 0.15) is 54.9 Å². The third-order valence-corrected chi connectivity index (χ3v) is 6.62. The summed E-state index contributed by atoms with van der Waals surface area (Å²) in [6, 6.07) is 9.11. The molecule has 2 atom stereocenters. The van der Waals surface area contributed by atoms with Gasteiger partial charge in [-0.3, -0.25) is 14.5 Å². The Morgan fingerprint density at radius 1 is 1.23 bits per heavy atom. The summed E-state index contributed by atoms with van der Waals surface area (Å²) in [5, 5.41) is 12.0. The fourth-order valence-electron chi connectivity index (χ4n) is 4.33. The van der Waals surface area contributed by atoms with Crippen molar-refractivity contribution in [3.05, 3.63) is 64.9 Å². The van der Waals surface area contributed by atoms with Gasteiger partial charge in [0.15, 0.2) is 18.2 Å². The zero-order chi connectivity index (χ0) is 25.6. The van der Waals surface area contributed by atoms with Crippen LogP contribution in [-0.2, 0) is 26.6 Å². The number of halogens is 1. The first-order chi connectivity index (χ1) is 16.7. The van der Waals surface area contributed by atoms with Gasteiger partial charge in [-0.05, 0) is 37.8 Å². The second kappa shape index (κ2) is 11.3. The van der Waals surface area contributed by atoms with Gasteiger partial charge in [0.25, 0.3) is 12.6 Å². The van der Waals surface area contributed by atoms with E-state index in [0.717, 1.165) is 12.8 Å². The van der Waals surface area contributed by atoms with Crippen LogP contribution < -0.4 is 9.88 Å². The minimum atomic E-state index is -1.22. The number of amides is 2. The molecule has 0 radical (unpaired) electrons. The van der Waals surface area contributed by atoms with Gasteiger partial charge in [0, 0.05) is 30.1 Å². The number of rotatable bonds is 8. The van der Waals surface area contributed by atoms with Crippen molar-refractivity contribution in [1.82, 2.24) is 10.2 Å². The van der Waals surface area contributed by atoms with Crippen molar-refractivity contribution >= 4 is 35.4 Å². The molecule has 186 valence electrons. The van der Waals surface area contributed by atoms with Crippen LogP contribution in [0, 0.1) is 0 Å². The molecule has 0 spiro atoms. The molecular formula is C25H29ClN3O6+. The van der Waals surface area contributed by atoms with E-state index in [-0.39, 0.29) is 24.5 Å². The van der Waals surface area contributed by atoms with Crippen molar-refractivity contribution in [1.29, 1.82) is 0 Å². The van der Waals surface area contributed by atoms with Crippen molar-refractivity contribution < 1.29 is 33.6 Å². The van der Waals surface area contributed by atoms with Crippen molar-refractivity contribution in [2.24, 2.45) is 0 Å². The Hall–Kier alpha value is -3.46. The highest BCUT2D eigenvalue weighted by atomic mass is 35.5. The van der Waals surface area contributed by atoms with Gasteiger partial charge < -0.3 is 15.2 Å². The Balaban J connectivity index is 1.76. The zero-order valence-electron chi connectivity index (χ0n) is 19.7. The number of aromatic nitrogens is 1. The topological polar surface area (TPSA) is 117 Å². The summed E-state index contributed by atoms with van der Waals surface area (Å²) in [7, 11) is 1.53. The number of ketones is 1. The van der Waals surface area contributed by atoms with E-state index in [9.17, 15) is 19.2 Å². The van der Waals surface area contributed by atoms with Gasteiger partial charge in [-0.2, -0.15) is 4.57 Å². The minimum Gasteiger partial charge on any atom is -0.480 e. The number of hydrogen-bond acceptors (Lipinski definition) is 5. The second-order valence-corrected chi connectivity index (χ2v) is 8.86. The lowest BCUT2D eigenvalue weighted by Gasteiger charge is -2.43. The molecule has 10 heteroatoms. The highest BCUT2D eigenvalue weighted by molar-refractivity contribution is 6.31. The van der Waals surface area contributed by atoms with Crippen molar-refractivity contribution in [3.63, 3.8) is 0 Å². The molecule has 2 aromatic rings. The lowest BCUT2D eigenvalue weighted by molar-refractivity contribution is -0.727. The molecule has 3 rings (SSSR count). The van der Waals surface area contributed by atoms with E-state index in [2.05, 4.69) is 5.32 Å². The predicted octanol–water partition coefficient (Wildman–Crippen LogP) is 3.29. The first kappa shape index (κ1) is 26.2. The highest BCUT2D eigenvalue weighted by Gasteiger charge is 2.48. The van der Waals surface area contributed by atoms with E-state index in [0.29, 0.717) is 23.4 Å². The molecule has 0 saturated heterocycles.